The van der Waals surface area contributed by atoms with Gasteiger partial charge in [-0.2, -0.15) is 0 Å². The van der Waals surface area contributed by atoms with Crippen molar-refractivity contribution < 1.29 is 14.3 Å². The molecule has 1 aliphatic heterocycles. The number of hydrogen-bond donors (Lipinski definition) is 2. The van der Waals surface area contributed by atoms with Crippen LogP contribution in [0.1, 0.15) is 39.5 Å². The first-order valence-corrected chi connectivity index (χ1v) is 10.8. The van der Waals surface area contributed by atoms with Gasteiger partial charge in [-0.05, 0) is 54.2 Å². The maximum absolute atomic E-state index is 11.7. The van der Waals surface area contributed by atoms with E-state index in [4.69, 9.17) is 16.6 Å². The molecular formula is C25H20N4O3S. The lowest BCUT2D eigenvalue weighted by Crippen LogP contribution is -2.29. The van der Waals surface area contributed by atoms with Crippen molar-refractivity contribution >= 4 is 23.3 Å². The van der Waals surface area contributed by atoms with E-state index in [0.29, 0.717) is 28.7 Å². The number of rotatable bonds is 6. The quantitative estimate of drug-likeness (QED) is 0.407. The lowest BCUT2D eigenvalue weighted by Gasteiger charge is -2.26. The first-order valence-electron chi connectivity index (χ1n) is 10.4. The average molecular weight is 457 g/mol. The monoisotopic (exact) mass is 456 g/mol. The molecule has 8 heteroatoms. The summed E-state index contributed by atoms with van der Waals surface area (Å²) in [5.41, 5.74) is 2.56. The van der Waals surface area contributed by atoms with Gasteiger partial charge >= 0.3 is 5.97 Å². The van der Waals surface area contributed by atoms with E-state index in [9.17, 15) is 9.90 Å². The van der Waals surface area contributed by atoms with Crippen LogP contribution in [0.4, 0.5) is 0 Å². The van der Waals surface area contributed by atoms with Crippen molar-refractivity contribution in [3.63, 3.8) is 0 Å². The summed E-state index contributed by atoms with van der Waals surface area (Å²) in [6, 6.07) is 19.6. The number of hydrogen-bond acceptors (Lipinski definition) is 5. The predicted molar refractivity (Wildman–Crippen MR) is 126 cm³/mol. The zero-order valence-electron chi connectivity index (χ0n) is 17.5. The molecule has 0 saturated carbocycles. The van der Waals surface area contributed by atoms with Gasteiger partial charge in [-0.25, -0.2) is 4.79 Å². The largest absolute Gasteiger partial charge is 0.478 e. The lowest BCUT2D eigenvalue weighted by atomic mass is 10.0. The molecule has 4 heterocycles. The van der Waals surface area contributed by atoms with Crippen LogP contribution >= 0.6 is 12.2 Å². The van der Waals surface area contributed by atoms with Crippen LogP contribution in [0.25, 0.3) is 11.3 Å². The molecule has 5 rings (SSSR count). The number of carbonyl (C=O) groups is 1. The number of thiocarbonyl (C=S) groups is 1. The second-order valence-electron chi connectivity index (χ2n) is 7.67. The molecule has 1 aliphatic rings. The summed E-state index contributed by atoms with van der Waals surface area (Å²) in [5.74, 6) is 0.149. The number of aromatic nitrogens is 2. The maximum Gasteiger partial charge on any atom is 0.336 e. The van der Waals surface area contributed by atoms with Crippen molar-refractivity contribution in [2.45, 2.75) is 18.6 Å². The summed E-state index contributed by atoms with van der Waals surface area (Å²) < 4.78 is 6.26. The van der Waals surface area contributed by atoms with Crippen LogP contribution in [-0.2, 0) is 6.54 Å². The number of aromatic carboxylic acids is 1. The van der Waals surface area contributed by atoms with Gasteiger partial charge in [0.1, 0.15) is 17.6 Å². The van der Waals surface area contributed by atoms with E-state index in [1.54, 1.807) is 42.7 Å². The van der Waals surface area contributed by atoms with Crippen molar-refractivity contribution in [1.82, 2.24) is 20.2 Å². The van der Waals surface area contributed by atoms with Gasteiger partial charge < -0.3 is 19.7 Å². The van der Waals surface area contributed by atoms with E-state index >= 15 is 0 Å². The first-order chi connectivity index (χ1) is 16.1. The number of carboxylic acids is 1. The van der Waals surface area contributed by atoms with Crippen LogP contribution in [0, 0.1) is 0 Å². The van der Waals surface area contributed by atoms with Crippen molar-refractivity contribution in [2.75, 3.05) is 0 Å². The van der Waals surface area contributed by atoms with Crippen molar-refractivity contribution in [3.05, 3.63) is 108 Å². The smallest absolute Gasteiger partial charge is 0.336 e. The Balaban J connectivity index is 1.56. The third-order valence-corrected chi connectivity index (χ3v) is 5.97. The molecule has 1 aromatic carbocycles. The van der Waals surface area contributed by atoms with Crippen LogP contribution in [0.2, 0.25) is 0 Å². The van der Waals surface area contributed by atoms with E-state index in [1.165, 1.54) is 0 Å². The molecule has 0 spiro atoms. The standard InChI is InChI=1S/C25H20N4O3S/c30-24(31)18-8-2-1-7-17(18)20-10-11-21(32-20)23-22(19-9-3-4-13-27-19)28-25(33)29(23)15-16-6-5-12-26-14-16/h1-14,22-23H,15H2,(H,28,33)(H,30,31). The van der Waals surface area contributed by atoms with Gasteiger partial charge in [-0.3, -0.25) is 9.97 Å². The van der Waals surface area contributed by atoms with Crippen LogP contribution in [0.3, 0.4) is 0 Å². The van der Waals surface area contributed by atoms with E-state index in [-0.39, 0.29) is 17.6 Å². The van der Waals surface area contributed by atoms with Crippen molar-refractivity contribution in [1.29, 1.82) is 0 Å². The Bertz CT molecular complexity index is 1290. The lowest BCUT2D eigenvalue weighted by molar-refractivity contribution is 0.0697. The number of carboxylic acid groups (broad SMARTS) is 1. The predicted octanol–water partition coefficient (Wildman–Crippen LogP) is 4.61. The van der Waals surface area contributed by atoms with E-state index in [1.807, 2.05) is 42.6 Å². The van der Waals surface area contributed by atoms with Gasteiger partial charge in [0.05, 0.1) is 17.3 Å². The van der Waals surface area contributed by atoms with Crippen LogP contribution in [-0.4, -0.2) is 31.1 Å². The Morgan fingerprint density at radius 1 is 1.06 bits per heavy atom. The molecule has 3 aromatic heterocycles. The summed E-state index contributed by atoms with van der Waals surface area (Å²) in [6.07, 6.45) is 5.29. The minimum atomic E-state index is -1.00. The highest BCUT2D eigenvalue weighted by atomic mass is 32.1. The summed E-state index contributed by atoms with van der Waals surface area (Å²) in [7, 11) is 0. The molecule has 2 atom stereocenters. The van der Waals surface area contributed by atoms with Gasteiger partial charge in [0.15, 0.2) is 5.11 Å². The molecule has 0 radical (unpaired) electrons. The maximum atomic E-state index is 11.7. The molecule has 0 amide bonds. The van der Waals surface area contributed by atoms with Gasteiger partial charge in [0.25, 0.3) is 0 Å². The second kappa shape index (κ2) is 8.84. The SMILES string of the molecule is O=C(O)c1ccccc1-c1ccc(C2C(c3ccccn3)NC(=S)N2Cc2cccnc2)o1. The van der Waals surface area contributed by atoms with Crippen LogP contribution < -0.4 is 5.32 Å². The Morgan fingerprint density at radius 2 is 1.91 bits per heavy atom. The Hall–Kier alpha value is -4.04. The Labute approximate surface area is 195 Å². The molecule has 1 fully saturated rings. The van der Waals surface area contributed by atoms with Gasteiger partial charge in [-0.15, -0.1) is 0 Å². The van der Waals surface area contributed by atoms with E-state index in [2.05, 4.69) is 20.2 Å². The fraction of sp³-hybridized carbons (Fsp3) is 0.120. The summed E-state index contributed by atoms with van der Waals surface area (Å²) in [4.78, 5) is 22.5. The molecule has 2 N–H and O–H groups in total. The number of nitrogens with zero attached hydrogens (tertiary/aromatic N) is 3. The van der Waals surface area contributed by atoms with Crippen LogP contribution in [0.5, 0.6) is 0 Å². The Kier molecular flexibility index (Phi) is 5.58. The summed E-state index contributed by atoms with van der Waals surface area (Å²) >= 11 is 5.70. The molecule has 0 aliphatic carbocycles. The average Bonchev–Trinajstić information content (AvgIpc) is 3.45. The number of nitrogens with one attached hydrogen (secondary N) is 1. The highest BCUT2D eigenvalue weighted by Crippen LogP contribution is 2.41. The molecule has 4 aromatic rings. The second-order valence-corrected chi connectivity index (χ2v) is 8.06. The molecule has 2 unspecified atom stereocenters. The zero-order valence-corrected chi connectivity index (χ0v) is 18.3. The fourth-order valence-corrected chi connectivity index (χ4v) is 4.42. The number of benzene rings is 1. The summed E-state index contributed by atoms with van der Waals surface area (Å²) in [5, 5.41) is 13.6. The third kappa shape index (κ3) is 4.08. The first kappa shape index (κ1) is 20.8. The minimum absolute atomic E-state index is 0.187. The molecular weight excluding hydrogens is 436 g/mol. The van der Waals surface area contributed by atoms with Crippen molar-refractivity contribution in [2.24, 2.45) is 0 Å². The normalized spacial score (nSPS) is 17.7. The van der Waals surface area contributed by atoms with Crippen LogP contribution in [0.15, 0.2) is 89.7 Å². The molecule has 7 nitrogen and oxygen atoms in total. The molecule has 33 heavy (non-hydrogen) atoms. The third-order valence-electron chi connectivity index (χ3n) is 5.61. The van der Waals surface area contributed by atoms with Gasteiger partial charge in [-0.1, -0.05) is 30.3 Å². The van der Waals surface area contributed by atoms with E-state index < -0.39 is 5.97 Å². The minimum Gasteiger partial charge on any atom is -0.478 e. The fourth-order valence-electron chi connectivity index (χ4n) is 4.11. The number of pyridine rings is 2. The van der Waals surface area contributed by atoms with Gasteiger partial charge in [0.2, 0.25) is 0 Å². The highest BCUT2D eigenvalue weighted by Gasteiger charge is 2.41. The summed E-state index contributed by atoms with van der Waals surface area (Å²) in [6.45, 7) is 0.537. The molecule has 164 valence electrons. The number of furan rings is 1. The topological polar surface area (TPSA) is 91.5 Å². The molecule has 0 bridgehead atoms. The Morgan fingerprint density at radius 3 is 2.67 bits per heavy atom. The molecule has 1 saturated heterocycles. The van der Waals surface area contributed by atoms with Crippen molar-refractivity contribution in [3.8, 4) is 11.3 Å². The van der Waals surface area contributed by atoms with E-state index in [0.717, 1.165) is 11.3 Å². The zero-order chi connectivity index (χ0) is 22.8. The highest BCUT2D eigenvalue weighted by molar-refractivity contribution is 7.80. The van der Waals surface area contributed by atoms with Gasteiger partial charge in [0, 0.05) is 30.7 Å².